The lowest BCUT2D eigenvalue weighted by Gasteiger charge is -2.05. The minimum atomic E-state index is -4.27. The van der Waals surface area contributed by atoms with Crippen LogP contribution in [0.25, 0.3) is 0 Å². The Morgan fingerprint density at radius 1 is 1.42 bits per heavy atom. The third-order valence-electron chi connectivity index (χ3n) is 2.76. The molecule has 1 aromatic rings. The van der Waals surface area contributed by atoms with Gasteiger partial charge >= 0.3 is 6.18 Å². The Labute approximate surface area is 114 Å². The summed E-state index contributed by atoms with van der Waals surface area (Å²) in [6, 6.07) is 0. The summed E-state index contributed by atoms with van der Waals surface area (Å²) in [6.07, 6.45) is -2.01. The maximum absolute atomic E-state index is 12.0. The maximum atomic E-state index is 12.0. The number of nitrogens with one attached hydrogen (secondary N) is 1. The average molecular weight is 294 g/mol. The molecule has 0 amide bonds. The molecule has 1 heterocycles. The van der Waals surface area contributed by atoms with Crippen molar-refractivity contribution < 1.29 is 17.9 Å². The van der Waals surface area contributed by atoms with Crippen molar-refractivity contribution >= 4 is 11.3 Å². The van der Waals surface area contributed by atoms with E-state index in [0.717, 1.165) is 36.5 Å². The molecule has 0 aliphatic heterocycles. The number of ether oxygens (including phenoxy) is 1. The Bertz CT molecular complexity index is 416. The lowest BCUT2D eigenvalue weighted by Crippen LogP contribution is -2.16. The quantitative estimate of drug-likeness (QED) is 0.838. The first kappa shape index (κ1) is 14.7. The third-order valence-corrected chi connectivity index (χ3v) is 3.81. The Balaban J connectivity index is 1.93. The molecule has 0 bridgehead atoms. The Hall–Kier alpha value is -0.660. The van der Waals surface area contributed by atoms with Gasteiger partial charge in [-0.05, 0) is 19.4 Å². The van der Waals surface area contributed by atoms with Gasteiger partial charge in [-0.15, -0.1) is 11.3 Å². The van der Waals surface area contributed by atoms with Gasteiger partial charge in [-0.2, -0.15) is 13.2 Å². The summed E-state index contributed by atoms with van der Waals surface area (Å²) in [5.74, 6) is 0.501. The number of hydrogen-bond acceptors (Lipinski definition) is 4. The molecule has 19 heavy (non-hydrogen) atoms. The van der Waals surface area contributed by atoms with E-state index in [0.29, 0.717) is 10.9 Å². The molecule has 1 N–H and O–H groups in total. The number of aromatic nitrogens is 1. The van der Waals surface area contributed by atoms with Crippen molar-refractivity contribution in [2.24, 2.45) is 0 Å². The molecule has 1 aliphatic carbocycles. The first-order chi connectivity index (χ1) is 8.99. The average Bonchev–Trinajstić information content (AvgIpc) is 3.08. The van der Waals surface area contributed by atoms with E-state index in [1.54, 1.807) is 0 Å². The number of alkyl halides is 3. The van der Waals surface area contributed by atoms with Crippen LogP contribution >= 0.6 is 11.3 Å². The number of halogens is 3. The number of hydrogen-bond donors (Lipinski definition) is 1. The highest BCUT2D eigenvalue weighted by molar-refractivity contribution is 7.11. The Kier molecular flexibility index (Phi) is 4.81. The smallest absolute Gasteiger partial charge is 0.365 e. The van der Waals surface area contributed by atoms with E-state index in [9.17, 15) is 13.2 Å². The number of thiazole rings is 1. The monoisotopic (exact) mass is 294 g/mol. The van der Waals surface area contributed by atoms with Gasteiger partial charge in [0.25, 0.3) is 0 Å². The molecular formula is C12H17F3N2OS. The molecular weight excluding hydrogens is 277 g/mol. The topological polar surface area (TPSA) is 34.1 Å². The molecule has 0 atom stereocenters. The van der Waals surface area contributed by atoms with E-state index < -0.39 is 12.8 Å². The van der Waals surface area contributed by atoms with Crippen LogP contribution in [0.4, 0.5) is 13.2 Å². The summed E-state index contributed by atoms with van der Waals surface area (Å²) >= 11 is 1.45. The molecule has 0 saturated heterocycles. The second-order valence-corrected chi connectivity index (χ2v) is 5.75. The normalized spacial score (nSPS) is 16.0. The number of rotatable bonds is 7. The van der Waals surface area contributed by atoms with Crippen LogP contribution in [0.15, 0.2) is 0 Å². The van der Waals surface area contributed by atoms with E-state index in [1.165, 1.54) is 11.3 Å². The zero-order valence-electron chi connectivity index (χ0n) is 10.7. The maximum Gasteiger partial charge on any atom is 0.411 e. The highest BCUT2D eigenvalue weighted by atomic mass is 32.1. The number of nitrogens with zero attached hydrogens (tertiary/aromatic N) is 1. The zero-order chi connectivity index (χ0) is 13.9. The van der Waals surface area contributed by atoms with E-state index in [4.69, 9.17) is 0 Å². The van der Waals surface area contributed by atoms with Gasteiger partial charge in [-0.1, -0.05) is 6.92 Å². The largest absolute Gasteiger partial charge is 0.411 e. The van der Waals surface area contributed by atoms with Gasteiger partial charge in [0.2, 0.25) is 0 Å². The molecule has 108 valence electrons. The van der Waals surface area contributed by atoms with E-state index in [1.807, 2.05) is 6.92 Å². The van der Waals surface area contributed by atoms with Crippen LogP contribution < -0.4 is 5.32 Å². The van der Waals surface area contributed by atoms with Crippen LogP contribution in [0.3, 0.4) is 0 Å². The van der Waals surface area contributed by atoms with Crippen molar-refractivity contribution in [3.63, 3.8) is 0 Å². The predicted molar refractivity (Wildman–Crippen MR) is 67.2 cm³/mol. The summed E-state index contributed by atoms with van der Waals surface area (Å²) in [5, 5.41) is 3.87. The van der Waals surface area contributed by atoms with Crippen LogP contribution in [0.5, 0.6) is 0 Å². The standard InChI is InChI=1S/C12H17F3N2OS/c1-2-16-5-9-11(8-3-4-8)17-10(19-9)6-18-7-12(13,14)15/h8,16H,2-7H2,1H3. The van der Waals surface area contributed by atoms with Gasteiger partial charge in [-0.3, -0.25) is 0 Å². The van der Waals surface area contributed by atoms with Crippen LogP contribution in [-0.4, -0.2) is 24.3 Å². The summed E-state index contributed by atoms with van der Waals surface area (Å²) in [6.45, 7) is 2.34. The van der Waals surface area contributed by atoms with Gasteiger partial charge in [0.15, 0.2) is 0 Å². The second-order valence-electron chi connectivity index (χ2n) is 4.58. The molecule has 1 aromatic heterocycles. The van der Waals surface area contributed by atoms with Crippen molar-refractivity contribution in [2.75, 3.05) is 13.2 Å². The SMILES string of the molecule is CCNCc1sc(COCC(F)(F)F)nc1C1CC1. The van der Waals surface area contributed by atoms with Crippen molar-refractivity contribution in [3.05, 3.63) is 15.6 Å². The molecule has 2 rings (SSSR count). The minimum Gasteiger partial charge on any atom is -0.365 e. The third kappa shape index (κ3) is 4.74. The lowest BCUT2D eigenvalue weighted by atomic mass is 10.2. The fourth-order valence-corrected chi connectivity index (χ4v) is 2.83. The van der Waals surface area contributed by atoms with Gasteiger partial charge in [0.1, 0.15) is 11.6 Å². The fourth-order valence-electron chi connectivity index (χ4n) is 1.77. The molecule has 3 nitrogen and oxygen atoms in total. The highest BCUT2D eigenvalue weighted by Gasteiger charge is 2.30. The summed E-state index contributed by atoms with van der Waals surface area (Å²) in [7, 11) is 0. The van der Waals surface area contributed by atoms with Gasteiger partial charge in [-0.25, -0.2) is 4.98 Å². The van der Waals surface area contributed by atoms with E-state index in [-0.39, 0.29) is 6.61 Å². The molecule has 0 aromatic carbocycles. The molecule has 0 radical (unpaired) electrons. The van der Waals surface area contributed by atoms with Gasteiger partial charge in [0.05, 0.1) is 12.3 Å². The second kappa shape index (κ2) is 6.19. The predicted octanol–water partition coefficient (Wildman–Crippen LogP) is 3.21. The summed E-state index contributed by atoms with van der Waals surface area (Å²) in [4.78, 5) is 5.57. The zero-order valence-corrected chi connectivity index (χ0v) is 11.5. The van der Waals surface area contributed by atoms with Crippen LogP contribution in [0.2, 0.25) is 0 Å². The minimum absolute atomic E-state index is 0.0595. The van der Waals surface area contributed by atoms with Gasteiger partial charge < -0.3 is 10.1 Å². The summed E-state index contributed by atoms with van der Waals surface area (Å²) < 4.78 is 40.6. The molecule has 0 unspecified atom stereocenters. The van der Waals surface area contributed by atoms with Crippen molar-refractivity contribution in [2.45, 2.75) is 45.0 Å². The van der Waals surface area contributed by atoms with E-state index >= 15 is 0 Å². The van der Waals surface area contributed by atoms with Crippen LogP contribution in [0.1, 0.15) is 41.3 Å². The van der Waals surface area contributed by atoms with Crippen LogP contribution in [-0.2, 0) is 17.9 Å². The van der Waals surface area contributed by atoms with E-state index in [2.05, 4.69) is 15.0 Å². The van der Waals surface area contributed by atoms with Crippen molar-refractivity contribution in [3.8, 4) is 0 Å². The molecule has 7 heteroatoms. The molecule has 0 spiro atoms. The Morgan fingerprint density at radius 2 is 2.16 bits per heavy atom. The van der Waals surface area contributed by atoms with Gasteiger partial charge in [0, 0.05) is 17.3 Å². The fraction of sp³-hybridized carbons (Fsp3) is 0.750. The first-order valence-corrected chi connectivity index (χ1v) is 7.15. The first-order valence-electron chi connectivity index (χ1n) is 6.33. The molecule has 1 saturated carbocycles. The van der Waals surface area contributed by atoms with Crippen molar-refractivity contribution in [1.82, 2.24) is 10.3 Å². The molecule has 1 fully saturated rings. The van der Waals surface area contributed by atoms with Crippen molar-refractivity contribution in [1.29, 1.82) is 0 Å². The Morgan fingerprint density at radius 3 is 2.74 bits per heavy atom. The summed E-state index contributed by atoms with van der Waals surface area (Å²) in [5.41, 5.74) is 1.05. The van der Waals surface area contributed by atoms with Crippen LogP contribution in [0, 0.1) is 0 Å². The lowest BCUT2D eigenvalue weighted by molar-refractivity contribution is -0.176. The molecule has 1 aliphatic rings. The highest BCUT2D eigenvalue weighted by Crippen LogP contribution is 2.42.